The Hall–Kier alpha value is -1.27. The summed E-state index contributed by atoms with van der Waals surface area (Å²) >= 11 is 0. The fraction of sp³-hybridized carbons (Fsp3) is 0.550. The molecule has 0 aliphatic heterocycles. The third-order valence-corrected chi connectivity index (χ3v) is 7.83. The molecule has 0 saturated carbocycles. The van der Waals surface area contributed by atoms with Crippen molar-refractivity contribution in [2.24, 2.45) is 5.92 Å². The maximum absolute atomic E-state index is 13.5. The highest BCUT2D eigenvalue weighted by atomic mass is 28.4. The summed E-state index contributed by atoms with van der Waals surface area (Å²) in [5, 5.41) is 0. The molecule has 138 valence electrons. The maximum atomic E-state index is 13.5. The Labute approximate surface area is 152 Å². The Morgan fingerprint density at radius 1 is 1.08 bits per heavy atom. The molecule has 0 aromatic heterocycles. The number of rotatable bonds is 10. The van der Waals surface area contributed by atoms with Gasteiger partial charge in [0.2, 0.25) is 0 Å². The first-order chi connectivity index (χ1) is 12.2. The first-order valence-corrected chi connectivity index (χ1v) is 11.2. The summed E-state index contributed by atoms with van der Waals surface area (Å²) in [7, 11) is -3.20. The van der Waals surface area contributed by atoms with Gasteiger partial charge in [-0.15, -0.1) is 0 Å². The van der Waals surface area contributed by atoms with Crippen molar-refractivity contribution in [3.05, 3.63) is 48.0 Å². The molecule has 1 aromatic carbocycles. The van der Waals surface area contributed by atoms with Crippen LogP contribution >= 0.6 is 0 Å². The fourth-order valence-electron chi connectivity index (χ4n) is 3.43. The molecule has 2 unspecified atom stereocenters. The minimum atomic E-state index is -3.20. The predicted molar refractivity (Wildman–Crippen MR) is 101 cm³/mol. The molecule has 1 aliphatic rings. The number of allylic oxidation sites excluding steroid dienone is 2. The van der Waals surface area contributed by atoms with Crippen molar-refractivity contribution in [2.75, 3.05) is 19.8 Å². The van der Waals surface area contributed by atoms with Crippen LogP contribution in [-0.2, 0) is 18.1 Å². The van der Waals surface area contributed by atoms with Crippen LogP contribution in [0.3, 0.4) is 0 Å². The minimum Gasteiger partial charge on any atom is -0.373 e. The van der Waals surface area contributed by atoms with Crippen LogP contribution in [0.25, 0.3) is 0 Å². The molecule has 2 atom stereocenters. The first kappa shape index (κ1) is 20.0. The fourth-order valence-corrected chi connectivity index (χ4v) is 6.55. The van der Waals surface area contributed by atoms with Crippen molar-refractivity contribution in [3.8, 4) is 0 Å². The second-order valence-electron chi connectivity index (χ2n) is 6.11. The van der Waals surface area contributed by atoms with Crippen LogP contribution in [-0.4, -0.2) is 34.4 Å². The van der Waals surface area contributed by atoms with E-state index in [0.29, 0.717) is 19.8 Å². The van der Waals surface area contributed by atoms with Gasteiger partial charge in [0, 0.05) is 25.7 Å². The van der Waals surface area contributed by atoms with Gasteiger partial charge in [-0.1, -0.05) is 42.5 Å². The van der Waals surface area contributed by atoms with Crippen molar-refractivity contribution < 1.29 is 18.1 Å². The maximum Gasteiger partial charge on any atom is 0.516 e. The largest absolute Gasteiger partial charge is 0.516 e. The summed E-state index contributed by atoms with van der Waals surface area (Å²) in [6, 6.07) is 9.82. The van der Waals surface area contributed by atoms with E-state index in [1.54, 1.807) is 0 Å². The van der Waals surface area contributed by atoms with E-state index in [2.05, 4.69) is 6.08 Å². The number of carbonyl (C=O) groups excluding carboxylic acids is 1. The van der Waals surface area contributed by atoms with Crippen molar-refractivity contribution in [3.63, 3.8) is 0 Å². The lowest BCUT2D eigenvalue weighted by Crippen LogP contribution is -2.55. The van der Waals surface area contributed by atoms with Gasteiger partial charge in [0.1, 0.15) is 5.54 Å². The zero-order valence-corrected chi connectivity index (χ0v) is 16.6. The highest BCUT2D eigenvalue weighted by Crippen LogP contribution is 2.35. The molecule has 1 aromatic rings. The molecule has 0 fully saturated rings. The Bertz CT molecular complexity index is 541. The average Bonchev–Trinajstić information content (AvgIpc) is 2.64. The highest BCUT2D eigenvalue weighted by Gasteiger charge is 2.54. The van der Waals surface area contributed by atoms with Gasteiger partial charge >= 0.3 is 8.80 Å². The van der Waals surface area contributed by atoms with Crippen LogP contribution in [0.5, 0.6) is 0 Å². The monoisotopic (exact) mass is 362 g/mol. The highest BCUT2D eigenvalue weighted by molar-refractivity contribution is 6.66. The van der Waals surface area contributed by atoms with Gasteiger partial charge < -0.3 is 13.3 Å². The second kappa shape index (κ2) is 10.0. The number of carbonyl (C=O) groups is 1. The van der Waals surface area contributed by atoms with E-state index in [4.69, 9.17) is 13.3 Å². The van der Waals surface area contributed by atoms with Crippen LogP contribution < -0.4 is 0 Å². The molecule has 0 spiro atoms. The van der Waals surface area contributed by atoms with Crippen molar-refractivity contribution in [1.82, 2.24) is 0 Å². The summed E-state index contributed by atoms with van der Waals surface area (Å²) in [4.78, 5) is 13.5. The molecule has 0 N–H and O–H groups in total. The zero-order chi connectivity index (χ0) is 18.1. The standard InChI is InChI=1S/C20H30O4Si/c1-4-22-25(23-5-2,24-6-3)20(18-15-11-8-12-16-18)19(21)17-13-9-7-10-14-17/h8-9,11-13,15-17,20H,4-7,10,14H2,1-3H3. The number of benzene rings is 1. The topological polar surface area (TPSA) is 44.8 Å². The molecule has 4 nitrogen and oxygen atoms in total. The third-order valence-electron chi connectivity index (χ3n) is 4.43. The van der Waals surface area contributed by atoms with E-state index in [1.165, 1.54) is 0 Å². The molecule has 5 heteroatoms. The van der Waals surface area contributed by atoms with E-state index >= 15 is 0 Å². The Morgan fingerprint density at radius 3 is 2.16 bits per heavy atom. The van der Waals surface area contributed by atoms with Crippen LogP contribution in [0.4, 0.5) is 0 Å². The number of Topliss-reactive ketones (excluding diaryl/α,β-unsaturated/α-hetero) is 1. The molecule has 0 amide bonds. The lowest BCUT2D eigenvalue weighted by Gasteiger charge is -2.36. The van der Waals surface area contributed by atoms with Gasteiger partial charge in [-0.05, 0) is 45.6 Å². The normalized spacial score (nSPS) is 18.9. The number of hydrogen-bond donors (Lipinski definition) is 0. The Kier molecular flexibility index (Phi) is 8.03. The van der Waals surface area contributed by atoms with E-state index in [0.717, 1.165) is 24.8 Å². The van der Waals surface area contributed by atoms with Crippen LogP contribution in [0.1, 0.15) is 51.1 Å². The smallest absolute Gasteiger partial charge is 0.373 e. The third kappa shape index (κ3) is 4.88. The molecule has 2 rings (SSSR count). The van der Waals surface area contributed by atoms with Crippen molar-refractivity contribution in [1.29, 1.82) is 0 Å². The molecule has 0 bridgehead atoms. The molecule has 0 saturated heterocycles. The van der Waals surface area contributed by atoms with Gasteiger partial charge in [-0.25, -0.2) is 0 Å². The number of ketones is 1. The molecular weight excluding hydrogens is 332 g/mol. The molecule has 0 heterocycles. The lowest BCUT2D eigenvalue weighted by molar-refractivity contribution is -0.123. The Balaban J connectivity index is 2.48. The van der Waals surface area contributed by atoms with E-state index in [-0.39, 0.29) is 11.7 Å². The Morgan fingerprint density at radius 2 is 1.68 bits per heavy atom. The molecule has 25 heavy (non-hydrogen) atoms. The summed E-state index contributed by atoms with van der Waals surface area (Å²) < 4.78 is 18.3. The van der Waals surface area contributed by atoms with Crippen molar-refractivity contribution >= 4 is 14.6 Å². The second-order valence-corrected chi connectivity index (χ2v) is 8.76. The van der Waals surface area contributed by atoms with Crippen LogP contribution in [0, 0.1) is 5.92 Å². The molecule has 1 aliphatic carbocycles. The van der Waals surface area contributed by atoms with Gasteiger partial charge in [0.15, 0.2) is 5.78 Å². The number of hydrogen-bond acceptors (Lipinski definition) is 4. The van der Waals surface area contributed by atoms with Crippen LogP contribution in [0.15, 0.2) is 42.5 Å². The van der Waals surface area contributed by atoms with E-state index in [1.807, 2.05) is 57.2 Å². The average molecular weight is 363 g/mol. The SMILES string of the molecule is CCO[Si](OCC)(OCC)C(C(=O)C1C=CCCC1)c1ccccc1. The van der Waals surface area contributed by atoms with E-state index in [9.17, 15) is 4.79 Å². The van der Waals surface area contributed by atoms with Crippen LogP contribution in [0.2, 0.25) is 0 Å². The summed E-state index contributed by atoms with van der Waals surface area (Å²) in [6.45, 7) is 7.16. The quantitative estimate of drug-likeness (QED) is 0.460. The molecule has 0 radical (unpaired) electrons. The summed E-state index contributed by atoms with van der Waals surface area (Å²) in [5.74, 6) is 0.0661. The summed E-state index contributed by atoms with van der Waals surface area (Å²) in [5.41, 5.74) is 0.440. The van der Waals surface area contributed by atoms with Gasteiger partial charge in [0.05, 0.1) is 0 Å². The van der Waals surface area contributed by atoms with Gasteiger partial charge in [-0.3, -0.25) is 4.79 Å². The van der Waals surface area contributed by atoms with Gasteiger partial charge in [0.25, 0.3) is 0 Å². The zero-order valence-electron chi connectivity index (χ0n) is 15.6. The molecular formula is C20H30O4Si. The first-order valence-electron chi connectivity index (χ1n) is 9.35. The predicted octanol–water partition coefficient (Wildman–Crippen LogP) is 4.28. The minimum absolute atomic E-state index is 0.0906. The lowest BCUT2D eigenvalue weighted by atomic mass is 9.89. The van der Waals surface area contributed by atoms with E-state index < -0.39 is 14.3 Å². The van der Waals surface area contributed by atoms with Gasteiger partial charge in [-0.2, -0.15) is 0 Å². The van der Waals surface area contributed by atoms with Crippen molar-refractivity contribution in [2.45, 2.75) is 45.6 Å². The summed E-state index contributed by atoms with van der Waals surface area (Å²) in [6.07, 6.45) is 7.13.